The number of hydrogen-bond donors (Lipinski definition) is 6. The molecule has 3 fully saturated rings. The molecule has 3 aliphatic rings. The highest BCUT2D eigenvalue weighted by molar-refractivity contribution is 5.88. The zero-order valence-corrected chi connectivity index (χ0v) is 33.4. The second-order valence-corrected chi connectivity index (χ2v) is 16.6. The van der Waals surface area contributed by atoms with E-state index in [1.165, 1.54) is 14.0 Å². The van der Waals surface area contributed by atoms with Gasteiger partial charge in [-0.25, -0.2) is 0 Å². The molecule has 15 nitrogen and oxygen atoms in total. The van der Waals surface area contributed by atoms with Crippen LogP contribution in [-0.4, -0.2) is 153 Å². The van der Waals surface area contributed by atoms with E-state index in [9.17, 15) is 35.5 Å². The number of esters is 1. The maximum absolute atomic E-state index is 14.1. The lowest BCUT2D eigenvalue weighted by atomic mass is 9.73. The van der Waals surface area contributed by atoms with Crippen molar-refractivity contribution in [1.82, 2.24) is 4.90 Å². The van der Waals surface area contributed by atoms with Crippen LogP contribution in [0.4, 0.5) is 0 Å². The Kier molecular flexibility index (Phi) is 15.1. The van der Waals surface area contributed by atoms with Crippen LogP contribution in [-0.2, 0) is 33.2 Å². The molecule has 3 saturated heterocycles. The third kappa shape index (κ3) is 9.47. The Labute approximate surface area is 309 Å². The van der Waals surface area contributed by atoms with E-state index < -0.39 is 102 Å². The van der Waals surface area contributed by atoms with E-state index in [0.717, 1.165) is 0 Å². The molecule has 0 saturated carbocycles. The van der Waals surface area contributed by atoms with Gasteiger partial charge in [0, 0.05) is 37.3 Å². The minimum absolute atomic E-state index is 0.0657. The normalized spacial score (nSPS) is 49.8. The summed E-state index contributed by atoms with van der Waals surface area (Å²) in [6.07, 6.45) is -9.51. The van der Waals surface area contributed by atoms with Crippen LogP contribution in [0.2, 0.25) is 0 Å². The summed E-state index contributed by atoms with van der Waals surface area (Å²) in [4.78, 5) is 16.0. The summed E-state index contributed by atoms with van der Waals surface area (Å²) in [5, 5.41) is 71.8. The Morgan fingerprint density at radius 3 is 2.08 bits per heavy atom. The average molecular weight is 749 g/mol. The molecular weight excluding hydrogens is 680 g/mol. The topological polar surface area (TPSA) is 209 Å². The van der Waals surface area contributed by atoms with Crippen molar-refractivity contribution in [3.8, 4) is 0 Å². The first kappa shape index (κ1) is 44.9. The van der Waals surface area contributed by atoms with Gasteiger partial charge in [-0.2, -0.15) is 0 Å². The van der Waals surface area contributed by atoms with Gasteiger partial charge >= 0.3 is 5.97 Å². The van der Waals surface area contributed by atoms with Crippen molar-refractivity contribution >= 4 is 11.7 Å². The second-order valence-electron chi connectivity index (χ2n) is 16.6. The molecule has 0 aromatic carbocycles. The fraction of sp³-hybridized carbons (Fsp3) is 0.946. The van der Waals surface area contributed by atoms with Crippen molar-refractivity contribution in [1.29, 1.82) is 0 Å². The Bertz CT molecular complexity index is 1200. The number of aliphatic hydroxyl groups excluding tert-OH is 3. The molecule has 3 aliphatic heterocycles. The van der Waals surface area contributed by atoms with Crippen molar-refractivity contribution in [2.75, 3.05) is 21.2 Å². The van der Waals surface area contributed by atoms with Gasteiger partial charge in [-0.3, -0.25) is 4.79 Å². The van der Waals surface area contributed by atoms with Crippen LogP contribution < -0.4 is 0 Å². The lowest BCUT2D eigenvalue weighted by Crippen LogP contribution is -2.61. The molecule has 18 atom stereocenters. The van der Waals surface area contributed by atoms with Crippen molar-refractivity contribution in [2.24, 2.45) is 28.8 Å². The lowest BCUT2D eigenvalue weighted by Gasteiger charge is -2.49. The highest BCUT2D eigenvalue weighted by atomic mass is 16.7. The van der Waals surface area contributed by atoms with E-state index in [0.29, 0.717) is 6.42 Å². The molecule has 0 radical (unpaired) electrons. The summed E-state index contributed by atoms with van der Waals surface area (Å²) in [6, 6.07) is -0.322. The van der Waals surface area contributed by atoms with Crippen LogP contribution >= 0.6 is 0 Å². The number of cyclic esters (lactones) is 1. The Balaban J connectivity index is 2.21. The fourth-order valence-electron chi connectivity index (χ4n) is 8.61. The van der Waals surface area contributed by atoms with Crippen molar-refractivity contribution in [2.45, 2.75) is 179 Å². The predicted molar refractivity (Wildman–Crippen MR) is 190 cm³/mol. The van der Waals surface area contributed by atoms with Gasteiger partial charge in [-0.05, 0) is 74.9 Å². The van der Waals surface area contributed by atoms with E-state index in [-0.39, 0.29) is 37.1 Å². The molecule has 304 valence electrons. The minimum Gasteiger partial charge on any atom is -0.459 e. The van der Waals surface area contributed by atoms with Gasteiger partial charge in [0.1, 0.15) is 23.9 Å². The number of carbonyl (C=O) groups is 1. The standard InChI is InChI=1S/C37H68N2O13/c1-14-25-37(10,45)30(41)20(4)27(38-46)18(2)16-35(8,44)32(52-34-28(40)24(39(11)12)15-19(3)48-34)21(5)29(22(6)33(43)50-25)51-26-17-36(9,47-13)31(42)23(7)49-26/h18-26,28-32,34,40-42,44-46H,14-17H2,1-13H3/b38-27+/t18-,19-,20+,21+,22-,23-,24+,25-,26-,28-,29+,30-,31-,32-,34+,35-,36+,37-/m1/s1. The van der Waals surface area contributed by atoms with Crippen LogP contribution in [0.25, 0.3) is 0 Å². The maximum atomic E-state index is 14.1. The Morgan fingerprint density at radius 2 is 1.54 bits per heavy atom. The zero-order chi connectivity index (χ0) is 39.7. The molecule has 3 heterocycles. The SMILES string of the molecule is CC[C@H]1OC(=O)[C@H](C)[C@@H](O[C@@H]2C[C@](C)(OC)[C@H](O)[C@@H](C)O2)[C@H](C)[C@@H](O[C@@H]2O[C@H](C)C[C@H](N(C)C)[C@H]2O)[C@](C)(O)C[C@@H](C)/C(=N\O)[C@H](C)[C@@H](O)[C@]1(C)O. The van der Waals surface area contributed by atoms with E-state index >= 15 is 0 Å². The molecule has 0 bridgehead atoms. The smallest absolute Gasteiger partial charge is 0.311 e. The van der Waals surface area contributed by atoms with E-state index in [1.807, 2.05) is 25.9 Å². The average Bonchev–Trinajstić information content (AvgIpc) is 3.06. The van der Waals surface area contributed by atoms with Gasteiger partial charge in [-0.1, -0.05) is 32.9 Å². The zero-order valence-electron chi connectivity index (χ0n) is 33.4. The van der Waals surface area contributed by atoms with E-state index in [2.05, 4.69) is 5.16 Å². The summed E-state index contributed by atoms with van der Waals surface area (Å²) in [7, 11) is 5.19. The van der Waals surface area contributed by atoms with Crippen LogP contribution in [0.5, 0.6) is 0 Å². The molecular formula is C37H68N2O13. The number of nitrogens with zero attached hydrogens (tertiary/aromatic N) is 2. The molecule has 0 spiro atoms. The molecule has 52 heavy (non-hydrogen) atoms. The van der Waals surface area contributed by atoms with Crippen LogP contribution in [0.1, 0.15) is 94.9 Å². The lowest BCUT2D eigenvalue weighted by molar-refractivity contribution is -0.317. The highest BCUT2D eigenvalue weighted by Gasteiger charge is 2.53. The summed E-state index contributed by atoms with van der Waals surface area (Å²) >= 11 is 0. The molecule has 0 unspecified atom stereocenters. The number of ether oxygens (including phenoxy) is 6. The molecule has 0 aromatic rings. The van der Waals surface area contributed by atoms with Gasteiger partial charge in [0.25, 0.3) is 0 Å². The minimum atomic E-state index is -1.97. The van der Waals surface area contributed by atoms with Gasteiger partial charge in [0.2, 0.25) is 0 Å². The highest BCUT2D eigenvalue weighted by Crippen LogP contribution is 2.41. The van der Waals surface area contributed by atoms with Gasteiger partial charge < -0.3 is 64.1 Å². The largest absolute Gasteiger partial charge is 0.459 e. The molecule has 3 rings (SSSR count). The second kappa shape index (κ2) is 17.5. The first-order valence-corrected chi connectivity index (χ1v) is 18.7. The fourth-order valence-corrected chi connectivity index (χ4v) is 8.61. The molecule has 0 aromatic heterocycles. The predicted octanol–water partition coefficient (Wildman–Crippen LogP) is 2.05. The van der Waals surface area contributed by atoms with Gasteiger partial charge in [0.05, 0.1) is 53.4 Å². The first-order valence-electron chi connectivity index (χ1n) is 18.7. The number of methoxy groups -OCH3 is 1. The van der Waals surface area contributed by atoms with E-state index in [1.54, 1.807) is 55.4 Å². The number of likely N-dealkylation sites (N-methyl/N-ethyl adjacent to an activating group) is 1. The number of rotatable bonds is 7. The van der Waals surface area contributed by atoms with Gasteiger partial charge in [0.15, 0.2) is 12.6 Å². The molecule has 6 N–H and O–H groups in total. The van der Waals surface area contributed by atoms with Crippen molar-refractivity contribution in [3.05, 3.63) is 0 Å². The Morgan fingerprint density at radius 1 is 0.923 bits per heavy atom. The first-order chi connectivity index (χ1) is 24.0. The molecule has 0 aliphatic carbocycles. The monoisotopic (exact) mass is 748 g/mol. The maximum Gasteiger partial charge on any atom is 0.311 e. The third-order valence-electron chi connectivity index (χ3n) is 12.0. The van der Waals surface area contributed by atoms with Crippen LogP contribution in [0.3, 0.4) is 0 Å². The number of aliphatic hydroxyl groups is 5. The molecule has 0 amide bonds. The van der Waals surface area contributed by atoms with Crippen molar-refractivity contribution < 1.29 is 64.0 Å². The molecule has 15 heteroatoms. The van der Waals surface area contributed by atoms with Gasteiger partial charge in [-0.15, -0.1) is 0 Å². The summed E-state index contributed by atoms with van der Waals surface area (Å²) in [5.74, 6) is -4.24. The quantitative estimate of drug-likeness (QED) is 0.125. The summed E-state index contributed by atoms with van der Waals surface area (Å²) in [5.41, 5.74) is -4.68. The summed E-state index contributed by atoms with van der Waals surface area (Å²) in [6.45, 7) is 16.6. The number of oxime groups is 1. The van der Waals surface area contributed by atoms with Crippen LogP contribution in [0.15, 0.2) is 5.16 Å². The van der Waals surface area contributed by atoms with Crippen molar-refractivity contribution in [3.63, 3.8) is 0 Å². The summed E-state index contributed by atoms with van der Waals surface area (Å²) < 4.78 is 37.2. The number of hydrogen-bond acceptors (Lipinski definition) is 15. The van der Waals surface area contributed by atoms with E-state index in [4.69, 9.17) is 28.4 Å². The Hall–Kier alpha value is -1.50. The number of carbonyl (C=O) groups excluding carboxylic acids is 1. The third-order valence-corrected chi connectivity index (χ3v) is 12.0. The van der Waals surface area contributed by atoms with Crippen LogP contribution in [0, 0.1) is 23.7 Å².